The van der Waals surface area contributed by atoms with E-state index in [9.17, 15) is 0 Å². The summed E-state index contributed by atoms with van der Waals surface area (Å²) in [5.41, 5.74) is 5.28. The molecule has 0 aliphatic carbocycles. The summed E-state index contributed by atoms with van der Waals surface area (Å²) >= 11 is 6.00. The normalized spacial score (nSPS) is 12.1. The van der Waals surface area contributed by atoms with Gasteiger partial charge >= 0.3 is 0 Å². The fraction of sp³-hybridized carbons (Fsp3) is 0.167. The summed E-state index contributed by atoms with van der Waals surface area (Å²) < 4.78 is 0. The third kappa shape index (κ3) is 4.91. The van der Waals surface area contributed by atoms with Gasteiger partial charge in [-0.3, -0.25) is 0 Å². The largest absolute Gasteiger partial charge is 0.304 e. The number of aromatic nitrogens is 3. The average molecular weight is 403 g/mol. The molecule has 0 unspecified atom stereocenters. The maximum atomic E-state index is 6.00. The van der Waals surface area contributed by atoms with Gasteiger partial charge in [0.1, 0.15) is 11.4 Å². The molecule has 0 bridgehead atoms. The highest BCUT2D eigenvalue weighted by atomic mass is 35.5. The second-order valence-corrected chi connectivity index (χ2v) is 7.47. The van der Waals surface area contributed by atoms with Gasteiger partial charge in [-0.05, 0) is 30.2 Å². The quantitative estimate of drug-likeness (QED) is 0.444. The predicted octanol–water partition coefficient (Wildman–Crippen LogP) is 5.50. The van der Waals surface area contributed by atoms with Gasteiger partial charge in [0.15, 0.2) is 0 Å². The molecule has 4 rings (SSSR count). The molecule has 146 valence electrons. The monoisotopic (exact) mass is 402 g/mol. The Kier molecular flexibility index (Phi) is 6.03. The smallest absolute Gasteiger partial charge is 0.117 e. The second-order valence-electron chi connectivity index (χ2n) is 7.03. The Hall–Kier alpha value is -2.95. The molecule has 0 saturated heterocycles. The minimum Gasteiger partial charge on any atom is -0.304 e. The molecular weight excluding hydrogens is 380 g/mol. The Morgan fingerprint density at radius 3 is 2.21 bits per heavy atom. The lowest BCUT2D eigenvalue weighted by molar-refractivity contribution is 0.547. The highest BCUT2D eigenvalue weighted by Gasteiger charge is 2.15. The molecule has 4 nitrogen and oxygen atoms in total. The first-order chi connectivity index (χ1) is 14.2. The molecule has 29 heavy (non-hydrogen) atoms. The molecule has 1 atom stereocenters. The van der Waals surface area contributed by atoms with E-state index >= 15 is 0 Å². The molecule has 1 N–H and O–H groups in total. The Bertz CT molecular complexity index is 1040. The average Bonchev–Trinajstić information content (AvgIpc) is 3.17. The summed E-state index contributed by atoms with van der Waals surface area (Å²) in [5.74, 6) is 0. The highest BCUT2D eigenvalue weighted by Crippen LogP contribution is 2.22. The maximum absolute atomic E-state index is 6.00. The molecule has 0 radical (unpaired) electrons. The predicted molar refractivity (Wildman–Crippen MR) is 118 cm³/mol. The molecule has 0 fully saturated rings. The molecule has 4 aromatic rings. The van der Waals surface area contributed by atoms with E-state index in [4.69, 9.17) is 21.8 Å². The van der Waals surface area contributed by atoms with Crippen molar-refractivity contribution < 1.29 is 0 Å². The molecule has 0 saturated carbocycles. The van der Waals surface area contributed by atoms with Crippen LogP contribution in [-0.4, -0.2) is 15.0 Å². The molecule has 0 amide bonds. The van der Waals surface area contributed by atoms with E-state index in [2.05, 4.69) is 48.6 Å². The summed E-state index contributed by atoms with van der Waals surface area (Å²) in [6.07, 6.45) is 0. The van der Waals surface area contributed by atoms with Gasteiger partial charge in [-0.2, -0.15) is 15.0 Å². The van der Waals surface area contributed by atoms with Crippen LogP contribution in [0.5, 0.6) is 0 Å². The van der Waals surface area contributed by atoms with Crippen LogP contribution in [0.25, 0.3) is 11.3 Å². The minimum absolute atomic E-state index is 0.223. The van der Waals surface area contributed by atoms with Crippen LogP contribution < -0.4 is 5.32 Å². The van der Waals surface area contributed by atoms with Crippen molar-refractivity contribution in [2.75, 3.05) is 0 Å². The van der Waals surface area contributed by atoms with Crippen LogP contribution >= 0.6 is 11.6 Å². The van der Waals surface area contributed by atoms with Crippen molar-refractivity contribution in [1.29, 1.82) is 0 Å². The lowest BCUT2D eigenvalue weighted by atomic mass is 10.1. The van der Waals surface area contributed by atoms with Gasteiger partial charge in [0, 0.05) is 23.2 Å². The van der Waals surface area contributed by atoms with E-state index in [1.807, 2.05) is 48.5 Å². The van der Waals surface area contributed by atoms with Gasteiger partial charge < -0.3 is 5.32 Å². The SMILES string of the molecule is C[C@H](NCc1nn(Cc2ccc(Cl)cc2)nc1-c1ccccc1)c1ccccc1. The van der Waals surface area contributed by atoms with Crippen molar-refractivity contribution in [2.24, 2.45) is 0 Å². The number of nitrogens with zero attached hydrogens (tertiary/aromatic N) is 3. The van der Waals surface area contributed by atoms with Crippen molar-refractivity contribution in [3.05, 3.63) is 107 Å². The van der Waals surface area contributed by atoms with Crippen LogP contribution in [0.1, 0.15) is 29.8 Å². The van der Waals surface area contributed by atoms with E-state index in [1.54, 1.807) is 4.80 Å². The summed E-state index contributed by atoms with van der Waals surface area (Å²) in [7, 11) is 0. The summed E-state index contributed by atoms with van der Waals surface area (Å²) in [5, 5.41) is 13.9. The minimum atomic E-state index is 0.223. The van der Waals surface area contributed by atoms with Crippen molar-refractivity contribution in [3.63, 3.8) is 0 Å². The molecule has 1 heterocycles. The first kappa shape index (κ1) is 19.4. The number of nitrogens with one attached hydrogen (secondary N) is 1. The summed E-state index contributed by atoms with van der Waals surface area (Å²) in [6.45, 7) is 3.40. The van der Waals surface area contributed by atoms with Gasteiger partial charge in [0.25, 0.3) is 0 Å². The summed E-state index contributed by atoms with van der Waals surface area (Å²) in [6, 6.07) is 28.6. The van der Waals surface area contributed by atoms with Crippen LogP contribution in [0.3, 0.4) is 0 Å². The molecule has 5 heteroatoms. The van der Waals surface area contributed by atoms with Gasteiger partial charge in [0.05, 0.1) is 6.54 Å². The summed E-state index contributed by atoms with van der Waals surface area (Å²) in [4.78, 5) is 1.76. The number of rotatable bonds is 7. The lowest BCUT2D eigenvalue weighted by Crippen LogP contribution is -2.19. The van der Waals surface area contributed by atoms with E-state index in [0.29, 0.717) is 13.1 Å². The fourth-order valence-corrected chi connectivity index (χ4v) is 3.38. The Labute approximate surface area is 176 Å². The van der Waals surface area contributed by atoms with Gasteiger partial charge in [-0.1, -0.05) is 84.4 Å². The van der Waals surface area contributed by atoms with Gasteiger partial charge in [0.2, 0.25) is 0 Å². The lowest BCUT2D eigenvalue weighted by Gasteiger charge is -2.13. The maximum Gasteiger partial charge on any atom is 0.117 e. The number of benzene rings is 3. The number of halogens is 1. The van der Waals surface area contributed by atoms with Crippen molar-refractivity contribution >= 4 is 11.6 Å². The molecular formula is C24H23ClN4. The zero-order chi connectivity index (χ0) is 20.1. The number of hydrogen-bond acceptors (Lipinski definition) is 3. The first-order valence-electron chi connectivity index (χ1n) is 9.71. The van der Waals surface area contributed by atoms with E-state index in [1.165, 1.54) is 5.56 Å². The van der Waals surface area contributed by atoms with Crippen molar-refractivity contribution in [2.45, 2.75) is 26.1 Å². The first-order valence-corrected chi connectivity index (χ1v) is 10.1. The topological polar surface area (TPSA) is 42.7 Å². The van der Waals surface area contributed by atoms with Crippen LogP contribution in [0.2, 0.25) is 5.02 Å². The standard InChI is InChI=1S/C24H23ClN4/c1-18(20-8-4-2-5-9-20)26-16-23-24(21-10-6-3-7-11-21)28-29(27-23)17-19-12-14-22(25)15-13-19/h2-15,18,26H,16-17H2,1H3/t18-/m0/s1. The third-order valence-electron chi connectivity index (χ3n) is 4.88. The zero-order valence-electron chi connectivity index (χ0n) is 16.3. The Morgan fingerprint density at radius 2 is 1.52 bits per heavy atom. The molecule has 1 aromatic heterocycles. The second kappa shape index (κ2) is 9.03. The van der Waals surface area contributed by atoms with E-state index in [-0.39, 0.29) is 6.04 Å². The highest BCUT2D eigenvalue weighted by molar-refractivity contribution is 6.30. The van der Waals surface area contributed by atoms with E-state index < -0.39 is 0 Å². The van der Waals surface area contributed by atoms with E-state index in [0.717, 1.165) is 27.5 Å². The zero-order valence-corrected chi connectivity index (χ0v) is 17.1. The fourth-order valence-electron chi connectivity index (χ4n) is 3.25. The molecule has 0 spiro atoms. The van der Waals surface area contributed by atoms with Crippen LogP contribution in [-0.2, 0) is 13.1 Å². The Balaban J connectivity index is 1.57. The van der Waals surface area contributed by atoms with Crippen LogP contribution in [0.15, 0.2) is 84.9 Å². The Morgan fingerprint density at radius 1 is 0.862 bits per heavy atom. The molecule has 0 aliphatic rings. The van der Waals surface area contributed by atoms with Crippen LogP contribution in [0, 0.1) is 0 Å². The van der Waals surface area contributed by atoms with Gasteiger partial charge in [-0.15, -0.1) is 0 Å². The molecule has 0 aliphatic heterocycles. The van der Waals surface area contributed by atoms with Crippen molar-refractivity contribution in [3.8, 4) is 11.3 Å². The third-order valence-corrected chi connectivity index (χ3v) is 5.14. The van der Waals surface area contributed by atoms with Crippen molar-refractivity contribution in [1.82, 2.24) is 20.3 Å². The number of hydrogen-bond donors (Lipinski definition) is 1. The molecule has 3 aromatic carbocycles. The van der Waals surface area contributed by atoms with Crippen LogP contribution in [0.4, 0.5) is 0 Å². The van der Waals surface area contributed by atoms with Gasteiger partial charge in [-0.25, -0.2) is 0 Å².